The van der Waals surface area contributed by atoms with Gasteiger partial charge in [-0.05, 0) is 32.7 Å². The molecule has 3 atom stereocenters. The van der Waals surface area contributed by atoms with E-state index in [0.29, 0.717) is 24.0 Å². The summed E-state index contributed by atoms with van der Waals surface area (Å²) in [6.07, 6.45) is 0. The van der Waals surface area contributed by atoms with Crippen molar-refractivity contribution in [3.8, 4) is 0 Å². The summed E-state index contributed by atoms with van der Waals surface area (Å²) in [6, 6.07) is 1.33. The number of hydrogen-bond donors (Lipinski definition) is 1. The van der Waals surface area contributed by atoms with E-state index in [2.05, 4.69) is 46.7 Å². The van der Waals surface area contributed by atoms with Crippen molar-refractivity contribution in [3.63, 3.8) is 0 Å². The molecule has 1 N–H and O–H groups in total. The summed E-state index contributed by atoms with van der Waals surface area (Å²) in [6.45, 7) is 8.01. The van der Waals surface area contributed by atoms with E-state index in [1.54, 1.807) is 0 Å². The highest BCUT2D eigenvalue weighted by Crippen LogP contribution is 2.14. The van der Waals surface area contributed by atoms with Crippen molar-refractivity contribution < 1.29 is 0 Å². The Balaban J connectivity index is 2.65. The fourth-order valence-corrected chi connectivity index (χ4v) is 2.27. The van der Waals surface area contributed by atoms with E-state index in [1.165, 1.54) is 0 Å². The van der Waals surface area contributed by atoms with Crippen LogP contribution in [0.15, 0.2) is 0 Å². The summed E-state index contributed by atoms with van der Waals surface area (Å²) in [5.74, 6) is 1.31. The van der Waals surface area contributed by atoms with Gasteiger partial charge in [0, 0.05) is 18.6 Å². The minimum Gasteiger partial charge on any atom is -0.319 e. The predicted octanol–water partition coefficient (Wildman–Crippen LogP) is -1.39. The fourth-order valence-electron chi connectivity index (χ4n) is 2.27. The van der Waals surface area contributed by atoms with Gasteiger partial charge in [-0.2, -0.15) is 0 Å². The molecule has 1 rings (SSSR count). The van der Waals surface area contributed by atoms with Gasteiger partial charge < -0.3 is 10.2 Å². The molecule has 0 amide bonds. The molecule has 4 heteroatoms. The third-order valence-electron chi connectivity index (χ3n) is 3.03. The minimum atomic E-state index is 0.628. The van der Waals surface area contributed by atoms with Crippen LogP contribution in [-0.4, -0.2) is 51.1 Å². The third-order valence-corrected chi connectivity index (χ3v) is 3.03. The average Bonchev–Trinajstić information content (AvgIpc) is 1.97. The Hall–Kier alpha value is 0.0499. The first kappa shape index (κ1) is 10.1. The minimum absolute atomic E-state index is 0.628. The maximum Gasteiger partial charge on any atom is 0.125 e. The van der Waals surface area contributed by atoms with Gasteiger partial charge in [0.25, 0.3) is 0 Å². The van der Waals surface area contributed by atoms with Gasteiger partial charge in [-0.15, -0.1) is 0 Å². The second-order valence-corrected chi connectivity index (χ2v) is 4.33. The van der Waals surface area contributed by atoms with Crippen LogP contribution in [0.25, 0.3) is 0 Å². The normalized spacial score (nSPS) is 38.8. The molecule has 2 nitrogen and oxygen atoms in total. The molecule has 1 heterocycles. The van der Waals surface area contributed by atoms with E-state index in [-0.39, 0.29) is 0 Å². The van der Waals surface area contributed by atoms with Crippen molar-refractivity contribution in [3.05, 3.63) is 0 Å². The Morgan fingerprint density at radius 2 is 2.00 bits per heavy atom. The molecule has 68 valence electrons. The van der Waals surface area contributed by atoms with Crippen LogP contribution in [0.2, 0.25) is 0 Å². The number of nitrogens with zero attached hydrogens (tertiary/aromatic N) is 1. The predicted molar refractivity (Wildman–Crippen MR) is 59.1 cm³/mol. The van der Waals surface area contributed by atoms with E-state index in [0.717, 1.165) is 6.54 Å². The van der Waals surface area contributed by atoms with E-state index in [4.69, 9.17) is 0 Å². The van der Waals surface area contributed by atoms with Crippen LogP contribution in [0.4, 0.5) is 0 Å². The third kappa shape index (κ3) is 1.86. The van der Waals surface area contributed by atoms with Crippen LogP contribution in [0.1, 0.15) is 20.8 Å². The highest BCUT2D eigenvalue weighted by Gasteiger charge is 2.30. The summed E-state index contributed by atoms with van der Waals surface area (Å²) < 4.78 is 0. The van der Waals surface area contributed by atoms with Crippen molar-refractivity contribution in [1.82, 2.24) is 10.2 Å². The zero-order chi connectivity index (χ0) is 9.30. The molecule has 1 fully saturated rings. The van der Waals surface area contributed by atoms with Gasteiger partial charge in [0.1, 0.15) is 15.7 Å². The second kappa shape index (κ2) is 3.84. The van der Waals surface area contributed by atoms with Gasteiger partial charge in [0.15, 0.2) is 0 Å². The van der Waals surface area contributed by atoms with Gasteiger partial charge in [-0.25, -0.2) is 0 Å². The largest absolute Gasteiger partial charge is 0.319 e. The second-order valence-electron chi connectivity index (χ2n) is 4.33. The lowest BCUT2D eigenvalue weighted by molar-refractivity contribution is 0.102. The molecule has 1 aliphatic rings. The van der Waals surface area contributed by atoms with Crippen molar-refractivity contribution in [2.45, 2.75) is 44.7 Å². The highest BCUT2D eigenvalue weighted by molar-refractivity contribution is 6.14. The topological polar surface area (TPSA) is 15.3 Å². The number of rotatable bonds is 1. The van der Waals surface area contributed by atoms with Crippen LogP contribution >= 0.6 is 0 Å². The molecule has 0 spiro atoms. The lowest BCUT2D eigenvalue weighted by atomic mass is 9.80. The molecule has 0 bridgehead atoms. The fraction of sp³-hybridized carbons (Fsp3) is 1.00. The highest BCUT2D eigenvalue weighted by atomic mass is 15.3. The smallest absolute Gasteiger partial charge is 0.125 e. The number of nitrogens with one attached hydrogen (secondary N) is 1. The number of piperazine rings is 1. The van der Waals surface area contributed by atoms with Gasteiger partial charge >= 0.3 is 0 Å². The lowest BCUT2D eigenvalue weighted by Crippen LogP contribution is -2.63. The molecule has 0 radical (unpaired) electrons. The van der Waals surface area contributed by atoms with E-state index < -0.39 is 0 Å². The van der Waals surface area contributed by atoms with Crippen LogP contribution in [0, 0.1) is 0 Å². The Labute approximate surface area is 77.9 Å². The summed E-state index contributed by atoms with van der Waals surface area (Å²) in [5.41, 5.74) is 0. The van der Waals surface area contributed by atoms with Crippen LogP contribution in [0.3, 0.4) is 0 Å². The summed E-state index contributed by atoms with van der Waals surface area (Å²) >= 11 is 0. The first-order chi connectivity index (χ1) is 5.54. The Morgan fingerprint density at radius 1 is 1.42 bits per heavy atom. The first-order valence-electron chi connectivity index (χ1n) is 5.05. The van der Waals surface area contributed by atoms with E-state index in [1.807, 2.05) is 0 Å². The van der Waals surface area contributed by atoms with E-state index in [9.17, 15) is 0 Å². The van der Waals surface area contributed by atoms with Crippen LogP contribution in [0.5, 0.6) is 0 Å². The molecular weight excluding hydrogens is 146 g/mol. The number of hydrogen-bond acceptors (Lipinski definition) is 2. The van der Waals surface area contributed by atoms with Crippen molar-refractivity contribution in [2.75, 3.05) is 6.54 Å². The first-order valence-corrected chi connectivity index (χ1v) is 5.05. The monoisotopic (exact) mass is 166 g/mol. The van der Waals surface area contributed by atoms with Crippen molar-refractivity contribution in [2.24, 2.45) is 0 Å². The maximum absolute atomic E-state index is 3.52. The Kier molecular flexibility index (Phi) is 3.24. The SMILES string of the molecule is BC1NCC(B)N(C(C)C)C1C. The molecule has 0 aromatic heterocycles. The molecule has 12 heavy (non-hydrogen) atoms. The molecular formula is C8H20B2N2. The maximum atomic E-state index is 3.52. The lowest BCUT2D eigenvalue weighted by Gasteiger charge is -2.46. The molecule has 0 aromatic carbocycles. The van der Waals surface area contributed by atoms with Gasteiger partial charge in [0.05, 0.1) is 0 Å². The molecule has 1 aliphatic heterocycles. The Morgan fingerprint density at radius 3 is 2.42 bits per heavy atom. The zero-order valence-corrected chi connectivity index (χ0v) is 8.96. The quantitative estimate of drug-likeness (QED) is 0.482. The zero-order valence-electron chi connectivity index (χ0n) is 8.96. The Bertz CT molecular complexity index is 152. The van der Waals surface area contributed by atoms with Crippen LogP contribution < -0.4 is 5.32 Å². The molecule has 0 aliphatic carbocycles. The summed E-state index contributed by atoms with van der Waals surface area (Å²) in [7, 11) is 4.57. The molecule has 0 saturated carbocycles. The van der Waals surface area contributed by atoms with Crippen LogP contribution in [-0.2, 0) is 0 Å². The standard InChI is InChI=1S/C8H20B2N2/c1-5(2)12-6(3)8(10)11-4-7(12)9/h5-8,11H,4,9-10H2,1-3H3. The molecule has 1 saturated heterocycles. The molecule has 0 aromatic rings. The van der Waals surface area contributed by atoms with Crippen molar-refractivity contribution >= 4 is 15.7 Å². The van der Waals surface area contributed by atoms with Gasteiger partial charge in [-0.3, -0.25) is 0 Å². The van der Waals surface area contributed by atoms with Gasteiger partial charge in [-0.1, -0.05) is 0 Å². The summed E-state index contributed by atoms with van der Waals surface area (Å²) in [5, 5.41) is 3.52. The van der Waals surface area contributed by atoms with Crippen molar-refractivity contribution in [1.29, 1.82) is 0 Å². The van der Waals surface area contributed by atoms with Gasteiger partial charge in [0.2, 0.25) is 0 Å². The average molecular weight is 166 g/mol. The van der Waals surface area contributed by atoms with E-state index >= 15 is 0 Å². The summed E-state index contributed by atoms with van der Waals surface area (Å²) in [4.78, 5) is 2.60. The molecule has 3 unspecified atom stereocenters.